The van der Waals surface area contributed by atoms with Crippen LogP contribution in [-0.4, -0.2) is 42.8 Å². The molecule has 1 amide bonds. The Hall–Kier alpha value is -3.56. The van der Waals surface area contributed by atoms with Crippen molar-refractivity contribution in [1.82, 2.24) is 10.9 Å². The van der Waals surface area contributed by atoms with Crippen LogP contribution in [0.15, 0.2) is 84.4 Å². The summed E-state index contributed by atoms with van der Waals surface area (Å²) in [5.74, 6) is 1.19. The van der Waals surface area contributed by atoms with Gasteiger partial charge in [0, 0.05) is 41.6 Å². The maximum absolute atomic E-state index is 13.9. The van der Waals surface area contributed by atoms with Crippen LogP contribution in [0.4, 0.5) is 0 Å². The Balaban J connectivity index is 1.63. The molecule has 3 aromatic carbocycles. The standard InChI is InChI=1S/C30H31Cl2N3O5/c1-3-14-30(29(37)35-33-19-22-8-11-23(31)18-26(22)32)27(21-6-4-7-25(17-21)38-2)40-28(34-30)20-9-12-24(13-10-20)39-16-5-15-36/h3-4,6-13,17-18,27,33,36H,1,5,14-16,19H2,2H3,(H,35,37)/t27-,30-/m0/s1. The first-order chi connectivity index (χ1) is 19.4. The van der Waals surface area contributed by atoms with Crippen LogP contribution >= 0.6 is 23.2 Å². The van der Waals surface area contributed by atoms with Crippen LogP contribution in [0.2, 0.25) is 10.0 Å². The molecule has 2 atom stereocenters. The van der Waals surface area contributed by atoms with E-state index in [-0.39, 0.29) is 19.6 Å². The van der Waals surface area contributed by atoms with Crippen molar-refractivity contribution < 1.29 is 24.1 Å². The molecule has 1 heterocycles. The van der Waals surface area contributed by atoms with Crippen LogP contribution in [-0.2, 0) is 16.1 Å². The van der Waals surface area contributed by atoms with E-state index >= 15 is 0 Å². The summed E-state index contributed by atoms with van der Waals surface area (Å²) >= 11 is 12.3. The van der Waals surface area contributed by atoms with Gasteiger partial charge >= 0.3 is 0 Å². The minimum atomic E-state index is -1.36. The average molecular weight is 585 g/mol. The molecular weight excluding hydrogens is 553 g/mol. The van der Waals surface area contributed by atoms with Crippen molar-refractivity contribution in [1.29, 1.82) is 0 Å². The van der Waals surface area contributed by atoms with E-state index in [1.165, 1.54) is 0 Å². The third-order valence-corrected chi connectivity index (χ3v) is 6.96. The second-order valence-electron chi connectivity index (χ2n) is 9.10. The fourth-order valence-electron chi connectivity index (χ4n) is 4.33. The Kier molecular flexibility index (Phi) is 10.1. The molecule has 0 aliphatic carbocycles. The largest absolute Gasteiger partial charge is 0.497 e. The summed E-state index contributed by atoms with van der Waals surface area (Å²) in [5.41, 5.74) is 6.55. The van der Waals surface area contributed by atoms with Crippen molar-refractivity contribution in [3.8, 4) is 11.5 Å². The van der Waals surface area contributed by atoms with Gasteiger partial charge in [-0.25, -0.2) is 10.4 Å². The molecule has 0 fully saturated rings. The van der Waals surface area contributed by atoms with Crippen LogP contribution in [0, 0.1) is 0 Å². The van der Waals surface area contributed by atoms with Crippen LogP contribution in [0.1, 0.15) is 35.6 Å². The summed E-state index contributed by atoms with van der Waals surface area (Å²) in [6.07, 6.45) is 1.63. The quantitative estimate of drug-likeness (QED) is 0.141. The Bertz CT molecular complexity index is 1370. The Morgan fingerprint density at radius 2 is 1.95 bits per heavy atom. The number of aliphatic hydroxyl groups is 1. The number of rotatable bonds is 13. The number of amides is 1. The van der Waals surface area contributed by atoms with Crippen molar-refractivity contribution in [2.45, 2.75) is 31.0 Å². The van der Waals surface area contributed by atoms with Crippen molar-refractivity contribution in [3.05, 3.63) is 106 Å². The molecule has 3 N–H and O–H groups in total. The predicted octanol–water partition coefficient (Wildman–Crippen LogP) is 5.42. The molecule has 0 saturated heterocycles. The Labute approximate surface area is 243 Å². The maximum atomic E-state index is 13.9. The molecule has 0 radical (unpaired) electrons. The zero-order valence-corrected chi connectivity index (χ0v) is 23.5. The van der Waals surface area contributed by atoms with Crippen molar-refractivity contribution in [3.63, 3.8) is 0 Å². The molecular formula is C30H31Cl2N3O5. The highest BCUT2D eigenvalue weighted by molar-refractivity contribution is 6.35. The summed E-state index contributed by atoms with van der Waals surface area (Å²) in [5, 5.41) is 9.99. The number of nitrogens with one attached hydrogen (secondary N) is 2. The molecule has 1 aliphatic heterocycles. The first kappa shape index (κ1) is 29.4. The first-order valence-corrected chi connectivity index (χ1v) is 13.5. The third kappa shape index (κ3) is 6.77. The van der Waals surface area contributed by atoms with E-state index in [0.29, 0.717) is 46.0 Å². The number of hydrogen-bond donors (Lipinski definition) is 3. The Morgan fingerprint density at radius 1 is 1.15 bits per heavy atom. The molecule has 10 heteroatoms. The van der Waals surface area contributed by atoms with E-state index in [1.807, 2.05) is 36.4 Å². The lowest BCUT2D eigenvalue weighted by molar-refractivity contribution is -0.129. The van der Waals surface area contributed by atoms with Crippen molar-refractivity contribution >= 4 is 35.0 Å². The van der Waals surface area contributed by atoms with Gasteiger partial charge in [-0.15, -0.1) is 6.58 Å². The van der Waals surface area contributed by atoms with Gasteiger partial charge in [0.05, 0.1) is 13.7 Å². The highest BCUT2D eigenvalue weighted by atomic mass is 35.5. The third-order valence-electron chi connectivity index (χ3n) is 6.38. The minimum absolute atomic E-state index is 0.0590. The fraction of sp³-hybridized carbons (Fsp3) is 0.267. The number of carbonyl (C=O) groups excluding carboxylic acids is 1. The van der Waals surface area contributed by atoms with Gasteiger partial charge < -0.3 is 19.3 Å². The second-order valence-corrected chi connectivity index (χ2v) is 9.95. The number of carbonyl (C=O) groups is 1. The molecule has 1 aliphatic rings. The van der Waals surface area contributed by atoms with Gasteiger partial charge in [0.2, 0.25) is 5.90 Å². The number of ether oxygens (including phenoxy) is 3. The van der Waals surface area contributed by atoms with Gasteiger partial charge in [-0.1, -0.05) is 47.5 Å². The zero-order valence-electron chi connectivity index (χ0n) is 22.0. The summed E-state index contributed by atoms with van der Waals surface area (Å²) in [7, 11) is 1.58. The van der Waals surface area contributed by atoms with Gasteiger partial charge in [-0.2, -0.15) is 0 Å². The van der Waals surface area contributed by atoms with Crippen LogP contribution < -0.4 is 20.3 Å². The first-order valence-electron chi connectivity index (χ1n) is 12.7. The van der Waals surface area contributed by atoms with Gasteiger partial charge in [0.25, 0.3) is 5.91 Å². The van der Waals surface area contributed by atoms with E-state index < -0.39 is 17.6 Å². The summed E-state index contributed by atoms with van der Waals surface area (Å²) in [6.45, 7) is 4.62. The van der Waals surface area contributed by atoms with Crippen molar-refractivity contribution in [2.75, 3.05) is 20.3 Å². The molecule has 0 aromatic heterocycles. The summed E-state index contributed by atoms with van der Waals surface area (Å²) < 4.78 is 17.5. The van der Waals surface area contributed by atoms with E-state index in [2.05, 4.69) is 17.4 Å². The molecule has 8 nitrogen and oxygen atoms in total. The normalized spacial score (nSPS) is 18.0. The minimum Gasteiger partial charge on any atom is -0.497 e. The van der Waals surface area contributed by atoms with Gasteiger partial charge in [-0.05, 0) is 59.7 Å². The van der Waals surface area contributed by atoms with Crippen LogP contribution in [0.3, 0.4) is 0 Å². The number of aliphatic hydroxyl groups excluding tert-OH is 1. The lowest BCUT2D eigenvalue weighted by Crippen LogP contribution is -2.52. The molecule has 0 bridgehead atoms. The smallest absolute Gasteiger partial charge is 0.266 e. The monoisotopic (exact) mass is 583 g/mol. The molecule has 40 heavy (non-hydrogen) atoms. The van der Waals surface area contributed by atoms with Crippen molar-refractivity contribution in [2.24, 2.45) is 4.99 Å². The topological polar surface area (TPSA) is 101 Å². The molecule has 0 unspecified atom stereocenters. The van der Waals surface area contributed by atoms with E-state index in [9.17, 15) is 4.79 Å². The number of hydrazine groups is 1. The maximum Gasteiger partial charge on any atom is 0.266 e. The molecule has 4 rings (SSSR count). The van der Waals surface area contributed by atoms with E-state index in [1.54, 1.807) is 43.5 Å². The second kappa shape index (κ2) is 13.7. The number of aliphatic imine (C=N–C) groups is 1. The van der Waals surface area contributed by atoms with Gasteiger partial charge in [0.1, 0.15) is 11.5 Å². The Morgan fingerprint density at radius 3 is 2.65 bits per heavy atom. The summed E-state index contributed by atoms with van der Waals surface area (Å²) in [6, 6.07) is 19.7. The van der Waals surface area contributed by atoms with Crippen LogP contribution in [0.5, 0.6) is 11.5 Å². The highest BCUT2D eigenvalue weighted by Gasteiger charge is 2.52. The number of hydrogen-bond acceptors (Lipinski definition) is 7. The molecule has 0 saturated carbocycles. The molecule has 210 valence electrons. The van der Waals surface area contributed by atoms with Crippen LogP contribution in [0.25, 0.3) is 0 Å². The predicted molar refractivity (Wildman–Crippen MR) is 156 cm³/mol. The lowest BCUT2D eigenvalue weighted by Gasteiger charge is -2.30. The fourth-order valence-corrected chi connectivity index (χ4v) is 4.81. The molecule has 3 aromatic rings. The van der Waals surface area contributed by atoms with Gasteiger partial charge in [0.15, 0.2) is 11.6 Å². The molecule has 0 spiro atoms. The van der Waals surface area contributed by atoms with E-state index in [0.717, 1.165) is 11.1 Å². The van der Waals surface area contributed by atoms with E-state index in [4.69, 9.17) is 47.5 Å². The lowest BCUT2D eigenvalue weighted by atomic mass is 9.84. The summed E-state index contributed by atoms with van der Waals surface area (Å²) in [4.78, 5) is 18.7. The van der Waals surface area contributed by atoms with Gasteiger partial charge in [-0.3, -0.25) is 10.2 Å². The number of halogens is 2. The SMILES string of the molecule is C=CC[C@]1(C(=O)NNCc2ccc(Cl)cc2Cl)N=C(c2ccc(OCCCO)cc2)O[C@H]1c1cccc(OC)c1. The number of nitrogens with zero attached hydrogens (tertiary/aromatic N) is 1. The highest BCUT2D eigenvalue weighted by Crippen LogP contribution is 2.43. The zero-order chi connectivity index (χ0) is 28.5. The number of methoxy groups -OCH3 is 1. The average Bonchev–Trinajstić information content (AvgIpc) is 3.35. The number of benzene rings is 3.